The Bertz CT molecular complexity index is 719. The van der Waals surface area contributed by atoms with Gasteiger partial charge in [-0.05, 0) is 18.6 Å². The van der Waals surface area contributed by atoms with Crippen molar-refractivity contribution in [1.82, 2.24) is 20.3 Å². The van der Waals surface area contributed by atoms with Gasteiger partial charge in [0.1, 0.15) is 17.8 Å². The van der Waals surface area contributed by atoms with Crippen LogP contribution in [0.2, 0.25) is 0 Å². The van der Waals surface area contributed by atoms with E-state index in [1.54, 1.807) is 12.3 Å². The summed E-state index contributed by atoms with van der Waals surface area (Å²) in [7, 11) is 0. The molecule has 10 heteroatoms. The van der Waals surface area contributed by atoms with E-state index in [0.29, 0.717) is 25.5 Å². The topological polar surface area (TPSA) is 91.9 Å². The van der Waals surface area contributed by atoms with Gasteiger partial charge in [0.2, 0.25) is 0 Å². The summed E-state index contributed by atoms with van der Waals surface area (Å²) in [5.41, 5.74) is -1.03. The van der Waals surface area contributed by atoms with Crippen LogP contribution < -0.4 is 10.6 Å². The Morgan fingerprint density at radius 1 is 1.36 bits per heavy atom. The van der Waals surface area contributed by atoms with Crippen LogP contribution in [0.25, 0.3) is 0 Å². The molecule has 0 spiro atoms. The molecular weight excluding hydrogens is 339 g/mol. The Balaban J connectivity index is 1.66. The van der Waals surface area contributed by atoms with E-state index in [2.05, 4.69) is 25.6 Å². The maximum Gasteiger partial charge on any atom is 0.431 e. The van der Waals surface area contributed by atoms with Crippen LogP contribution >= 0.6 is 0 Å². The molecule has 25 heavy (non-hydrogen) atoms. The number of carbonyl (C=O) groups excluding carboxylic acids is 1. The van der Waals surface area contributed by atoms with Crippen LogP contribution in [0.3, 0.4) is 0 Å². The number of H-pyrrole nitrogens is 1. The van der Waals surface area contributed by atoms with Crippen LogP contribution in [-0.2, 0) is 10.9 Å². The van der Waals surface area contributed by atoms with Crippen molar-refractivity contribution in [2.45, 2.75) is 24.7 Å². The largest absolute Gasteiger partial charge is 0.431 e. The lowest BCUT2D eigenvalue weighted by molar-refractivity contribution is -0.140. The van der Waals surface area contributed by atoms with Crippen LogP contribution in [0.5, 0.6) is 0 Å². The van der Waals surface area contributed by atoms with Gasteiger partial charge in [-0.3, -0.25) is 4.79 Å². The van der Waals surface area contributed by atoms with Gasteiger partial charge in [0.05, 0.1) is 24.3 Å². The maximum atomic E-state index is 12.6. The van der Waals surface area contributed by atoms with Gasteiger partial charge in [0.15, 0.2) is 0 Å². The zero-order chi connectivity index (χ0) is 17.9. The average Bonchev–Trinajstić information content (AvgIpc) is 3.08. The molecule has 1 aliphatic heterocycles. The minimum absolute atomic E-state index is 0.0698. The molecule has 1 amide bonds. The van der Waals surface area contributed by atoms with Gasteiger partial charge in [-0.1, -0.05) is 0 Å². The van der Waals surface area contributed by atoms with E-state index in [9.17, 15) is 18.0 Å². The van der Waals surface area contributed by atoms with E-state index in [1.807, 2.05) is 0 Å². The van der Waals surface area contributed by atoms with Crippen LogP contribution in [0.4, 0.5) is 19.0 Å². The number of aromatic nitrogens is 3. The summed E-state index contributed by atoms with van der Waals surface area (Å²) < 4.78 is 43.3. The molecule has 0 radical (unpaired) electrons. The Kier molecular flexibility index (Phi) is 4.88. The molecule has 0 aromatic carbocycles. The van der Waals surface area contributed by atoms with Crippen molar-refractivity contribution >= 4 is 11.7 Å². The third-order valence-corrected chi connectivity index (χ3v) is 3.84. The first kappa shape index (κ1) is 17.2. The van der Waals surface area contributed by atoms with Crippen LogP contribution in [0.1, 0.15) is 22.5 Å². The summed E-state index contributed by atoms with van der Waals surface area (Å²) in [5.74, 6) is -0.00103. The Hall–Kier alpha value is -2.62. The van der Waals surface area contributed by atoms with E-state index in [4.69, 9.17) is 4.74 Å². The second-order valence-corrected chi connectivity index (χ2v) is 5.59. The molecule has 3 heterocycles. The molecular formula is C15H16F3N5O2. The Labute approximate surface area is 141 Å². The molecule has 3 rings (SSSR count). The summed E-state index contributed by atoms with van der Waals surface area (Å²) in [5, 5.41) is 5.90. The fourth-order valence-corrected chi connectivity index (χ4v) is 2.56. The van der Waals surface area contributed by atoms with Crippen molar-refractivity contribution in [1.29, 1.82) is 0 Å². The van der Waals surface area contributed by atoms with Gasteiger partial charge in [0.25, 0.3) is 5.91 Å². The fraction of sp³-hybridized carbons (Fsp3) is 0.400. The number of halogens is 3. The van der Waals surface area contributed by atoms with Crippen molar-refractivity contribution in [3.63, 3.8) is 0 Å². The molecule has 2 aromatic heterocycles. The van der Waals surface area contributed by atoms with Gasteiger partial charge < -0.3 is 20.4 Å². The minimum atomic E-state index is -4.52. The number of anilines is 1. The van der Waals surface area contributed by atoms with Crippen molar-refractivity contribution in [2.24, 2.45) is 0 Å². The van der Waals surface area contributed by atoms with Gasteiger partial charge in [-0.15, -0.1) is 0 Å². The smallest absolute Gasteiger partial charge is 0.379 e. The van der Waals surface area contributed by atoms with Gasteiger partial charge in [0, 0.05) is 19.0 Å². The van der Waals surface area contributed by atoms with E-state index in [-0.39, 0.29) is 17.6 Å². The zero-order valence-electron chi connectivity index (χ0n) is 13.0. The number of rotatable bonds is 4. The third-order valence-electron chi connectivity index (χ3n) is 3.84. The highest BCUT2D eigenvalue weighted by molar-refractivity contribution is 5.94. The first-order valence-electron chi connectivity index (χ1n) is 7.60. The summed E-state index contributed by atoms with van der Waals surface area (Å²) in [6, 6.07) is 1.91. The lowest BCUT2D eigenvalue weighted by Crippen LogP contribution is -2.52. The number of carbonyl (C=O) groups is 1. The van der Waals surface area contributed by atoms with E-state index >= 15 is 0 Å². The van der Waals surface area contributed by atoms with Crippen molar-refractivity contribution in [3.05, 3.63) is 42.1 Å². The standard InChI is InChI=1S/C15H16F3N5O2/c16-15(17,18)12-5-9(6-20-12)14(24)23-10-2-4-25-7-11(10)22-13-1-3-19-8-21-13/h1,3,5-6,8,10-11,20H,2,4,7H2,(H,23,24)(H,19,21,22)/t10-,11+/m0/s1. The van der Waals surface area contributed by atoms with Gasteiger partial charge in [-0.25, -0.2) is 9.97 Å². The summed E-state index contributed by atoms with van der Waals surface area (Å²) in [4.78, 5) is 22.2. The van der Waals surface area contributed by atoms with E-state index < -0.39 is 17.8 Å². The van der Waals surface area contributed by atoms with Crippen LogP contribution in [-0.4, -0.2) is 46.2 Å². The molecule has 0 unspecified atom stereocenters. The monoisotopic (exact) mass is 355 g/mol. The molecule has 3 N–H and O–H groups in total. The Morgan fingerprint density at radius 2 is 2.20 bits per heavy atom. The van der Waals surface area contributed by atoms with E-state index in [0.717, 1.165) is 12.3 Å². The molecule has 1 aliphatic rings. The molecule has 1 saturated heterocycles. The molecule has 0 aliphatic carbocycles. The lowest BCUT2D eigenvalue weighted by Gasteiger charge is -2.33. The predicted octanol–water partition coefficient (Wildman–Crippen LogP) is 1.82. The fourth-order valence-electron chi connectivity index (χ4n) is 2.56. The SMILES string of the molecule is O=C(N[C@H]1CCOC[C@H]1Nc1ccncn1)c1c[nH]c(C(F)(F)F)c1. The number of aromatic amines is 1. The van der Waals surface area contributed by atoms with Gasteiger partial charge >= 0.3 is 6.18 Å². The molecule has 0 bridgehead atoms. The number of alkyl halides is 3. The maximum absolute atomic E-state index is 12.6. The van der Waals surface area contributed by atoms with Crippen LogP contribution in [0.15, 0.2) is 30.9 Å². The first-order valence-corrected chi connectivity index (χ1v) is 7.60. The number of hydrogen-bond donors (Lipinski definition) is 3. The number of nitrogens with one attached hydrogen (secondary N) is 3. The van der Waals surface area contributed by atoms with Gasteiger partial charge in [-0.2, -0.15) is 13.2 Å². The molecule has 2 aromatic rings. The summed E-state index contributed by atoms with van der Waals surface area (Å²) >= 11 is 0. The highest BCUT2D eigenvalue weighted by atomic mass is 19.4. The molecule has 0 saturated carbocycles. The van der Waals surface area contributed by atoms with Crippen molar-refractivity contribution < 1.29 is 22.7 Å². The highest BCUT2D eigenvalue weighted by Crippen LogP contribution is 2.28. The predicted molar refractivity (Wildman–Crippen MR) is 81.9 cm³/mol. The minimum Gasteiger partial charge on any atom is -0.379 e. The Morgan fingerprint density at radius 3 is 2.88 bits per heavy atom. The highest BCUT2D eigenvalue weighted by Gasteiger charge is 2.33. The number of amides is 1. The molecule has 7 nitrogen and oxygen atoms in total. The zero-order valence-corrected chi connectivity index (χ0v) is 13.0. The number of hydrogen-bond acceptors (Lipinski definition) is 5. The number of nitrogens with zero attached hydrogens (tertiary/aromatic N) is 2. The van der Waals surface area contributed by atoms with Crippen LogP contribution in [0, 0.1) is 0 Å². The average molecular weight is 355 g/mol. The number of ether oxygens (including phenoxy) is 1. The first-order chi connectivity index (χ1) is 11.9. The van der Waals surface area contributed by atoms with Crippen molar-refractivity contribution in [2.75, 3.05) is 18.5 Å². The normalized spacial score (nSPS) is 20.9. The quantitative estimate of drug-likeness (QED) is 0.778. The summed E-state index contributed by atoms with van der Waals surface area (Å²) in [6.07, 6.45) is 0.0207. The molecule has 2 atom stereocenters. The second kappa shape index (κ2) is 7.09. The summed E-state index contributed by atoms with van der Waals surface area (Å²) in [6.45, 7) is 0.795. The van der Waals surface area contributed by atoms with E-state index in [1.165, 1.54) is 6.33 Å². The second-order valence-electron chi connectivity index (χ2n) is 5.59. The van der Waals surface area contributed by atoms with Crippen molar-refractivity contribution in [3.8, 4) is 0 Å². The third kappa shape index (κ3) is 4.27. The lowest BCUT2D eigenvalue weighted by atomic mass is 10.0. The molecule has 134 valence electrons. The molecule has 1 fully saturated rings.